The van der Waals surface area contributed by atoms with Gasteiger partial charge in [0, 0.05) is 0 Å². The zero-order valence-corrected chi connectivity index (χ0v) is 13.3. The first-order valence-corrected chi connectivity index (χ1v) is 8.61. The van der Waals surface area contributed by atoms with Gasteiger partial charge in [-0.1, -0.05) is 45.0 Å². The Bertz CT molecular complexity index is 527. The summed E-state index contributed by atoms with van der Waals surface area (Å²) in [7, 11) is 0. The van der Waals surface area contributed by atoms with Gasteiger partial charge in [0.25, 0.3) is 0 Å². The summed E-state index contributed by atoms with van der Waals surface area (Å²) in [4.78, 5) is 0. The van der Waals surface area contributed by atoms with Crippen molar-refractivity contribution in [2.24, 2.45) is 22.7 Å². The lowest BCUT2D eigenvalue weighted by Crippen LogP contribution is -2.45. The van der Waals surface area contributed by atoms with E-state index in [-0.39, 0.29) is 0 Å². The summed E-state index contributed by atoms with van der Waals surface area (Å²) >= 11 is 0. The van der Waals surface area contributed by atoms with Crippen LogP contribution in [0.25, 0.3) is 0 Å². The van der Waals surface area contributed by atoms with Crippen LogP contribution in [0.2, 0.25) is 0 Å². The molecule has 2 saturated carbocycles. The molecule has 4 atom stereocenters. The molecule has 0 amide bonds. The first kappa shape index (κ1) is 12.9. The highest BCUT2D eigenvalue weighted by Crippen LogP contribution is 2.67. The van der Waals surface area contributed by atoms with Gasteiger partial charge in [-0.3, -0.25) is 0 Å². The van der Waals surface area contributed by atoms with Crippen molar-refractivity contribution in [2.45, 2.75) is 65.2 Å². The van der Waals surface area contributed by atoms with Crippen LogP contribution in [-0.4, -0.2) is 0 Å². The van der Waals surface area contributed by atoms with Gasteiger partial charge >= 0.3 is 0 Å². The van der Waals surface area contributed by atoms with Crippen molar-refractivity contribution < 1.29 is 0 Å². The standard InChI is InChI=1S/C20H28/c1-19(2)12-11-18-17-9-8-14-6-4-5-7-15(14)16(17)10-13-20(18,19)3/h4-7,16-18H,8-13H2,1-3H3. The molecule has 0 aliphatic heterocycles. The highest BCUT2D eigenvalue weighted by Gasteiger charge is 2.57. The third kappa shape index (κ3) is 1.54. The van der Waals surface area contributed by atoms with Crippen LogP contribution < -0.4 is 0 Å². The molecular formula is C20H28. The van der Waals surface area contributed by atoms with E-state index in [1.807, 2.05) is 0 Å². The fourth-order valence-electron chi connectivity index (χ4n) is 6.02. The maximum Gasteiger partial charge on any atom is -0.0128 e. The van der Waals surface area contributed by atoms with Crippen LogP contribution in [0.15, 0.2) is 24.3 Å². The van der Waals surface area contributed by atoms with Crippen LogP contribution in [-0.2, 0) is 6.42 Å². The van der Waals surface area contributed by atoms with Gasteiger partial charge in [-0.15, -0.1) is 0 Å². The van der Waals surface area contributed by atoms with Crippen LogP contribution in [0, 0.1) is 22.7 Å². The summed E-state index contributed by atoms with van der Waals surface area (Å²) in [6, 6.07) is 9.28. The second-order valence-corrected chi connectivity index (χ2v) is 8.49. The Morgan fingerprint density at radius 1 is 0.950 bits per heavy atom. The first-order valence-electron chi connectivity index (χ1n) is 8.61. The van der Waals surface area contributed by atoms with Crippen LogP contribution in [0.4, 0.5) is 0 Å². The molecule has 0 N–H and O–H groups in total. The minimum atomic E-state index is 0.555. The van der Waals surface area contributed by atoms with Gasteiger partial charge in [-0.2, -0.15) is 0 Å². The SMILES string of the molecule is CC1(C)CCC2C3CCc4ccccc4C3CCC21C. The zero-order valence-electron chi connectivity index (χ0n) is 13.3. The van der Waals surface area contributed by atoms with E-state index in [4.69, 9.17) is 0 Å². The van der Waals surface area contributed by atoms with Crippen molar-refractivity contribution in [3.05, 3.63) is 35.4 Å². The van der Waals surface area contributed by atoms with Crippen molar-refractivity contribution in [1.29, 1.82) is 0 Å². The lowest BCUT2D eigenvalue weighted by molar-refractivity contribution is -0.00853. The topological polar surface area (TPSA) is 0 Å². The molecule has 0 radical (unpaired) electrons. The van der Waals surface area contributed by atoms with Crippen molar-refractivity contribution in [1.82, 2.24) is 0 Å². The maximum absolute atomic E-state index is 2.61. The van der Waals surface area contributed by atoms with Crippen molar-refractivity contribution in [3.8, 4) is 0 Å². The average Bonchev–Trinajstić information content (AvgIpc) is 2.69. The molecule has 108 valence electrons. The van der Waals surface area contributed by atoms with Crippen LogP contribution >= 0.6 is 0 Å². The van der Waals surface area contributed by atoms with Crippen molar-refractivity contribution >= 4 is 0 Å². The summed E-state index contributed by atoms with van der Waals surface area (Å²) in [5.41, 5.74) is 4.50. The van der Waals surface area contributed by atoms with E-state index in [1.165, 1.54) is 38.5 Å². The van der Waals surface area contributed by atoms with E-state index in [2.05, 4.69) is 45.0 Å². The highest BCUT2D eigenvalue weighted by atomic mass is 14.6. The molecule has 0 heterocycles. The molecule has 1 aromatic rings. The molecule has 0 nitrogen and oxygen atoms in total. The van der Waals surface area contributed by atoms with E-state index >= 15 is 0 Å². The Morgan fingerprint density at radius 2 is 1.75 bits per heavy atom. The van der Waals surface area contributed by atoms with Crippen molar-refractivity contribution in [3.63, 3.8) is 0 Å². The average molecular weight is 268 g/mol. The fraction of sp³-hybridized carbons (Fsp3) is 0.700. The van der Waals surface area contributed by atoms with E-state index in [1.54, 1.807) is 11.1 Å². The van der Waals surface area contributed by atoms with Gasteiger partial charge < -0.3 is 0 Å². The molecule has 0 bridgehead atoms. The second-order valence-electron chi connectivity index (χ2n) is 8.49. The van der Waals surface area contributed by atoms with Gasteiger partial charge in [0.1, 0.15) is 0 Å². The summed E-state index contributed by atoms with van der Waals surface area (Å²) in [5, 5.41) is 0. The Balaban J connectivity index is 1.73. The van der Waals surface area contributed by atoms with E-state index < -0.39 is 0 Å². The Labute approximate surface area is 124 Å². The number of aryl methyl sites for hydroxylation is 1. The maximum atomic E-state index is 2.61. The predicted octanol–water partition coefficient (Wildman–Crippen LogP) is 5.57. The smallest absolute Gasteiger partial charge is 0.0128 e. The van der Waals surface area contributed by atoms with Gasteiger partial charge in [0.2, 0.25) is 0 Å². The lowest BCUT2D eigenvalue weighted by atomic mass is 9.51. The monoisotopic (exact) mass is 268 g/mol. The molecular weight excluding hydrogens is 240 g/mol. The van der Waals surface area contributed by atoms with Gasteiger partial charge in [-0.05, 0) is 78.2 Å². The molecule has 0 aromatic heterocycles. The number of fused-ring (bicyclic) bond motifs is 5. The summed E-state index contributed by atoms with van der Waals surface area (Å²) in [6.45, 7) is 7.68. The summed E-state index contributed by atoms with van der Waals surface area (Å²) in [6.07, 6.45) is 8.56. The molecule has 3 aliphatic carbocycles. The second kappa shape index (κ2) is 4.12. The first-order chi connectivity index (χ1) is 9.53. The number of rotatable bonds is 0. The highest BCUT2D eigenvalue weighted by molar-refractivity contribution is 5.35. The quantitative estimate of drug-likeness (QED) is 0.577. The summed E-state index contributed by atoms with van der Waals surface area (Å²) in [5.74, 6) is 2.81. The van der Waals surface area contributed by atoms with E-state index in [0.29, 0.717) is 10.8 Å². The fourth-order valence-corrected chi connectivity index (χ4v) is 6.02. The van der Waals surface area contributed by atoms with Crippen molar-refractivity contribution in [2.75, 3.05) is 0 Å². The van der Waals surface area contributed by atoms with Gasteiger partial charge in [0.05, 0.1) is 0 Å². The zero-order chi connectivity index (χ0) is 14.0. The molecule has 2 fully saturated rings. The lowest BCUT2D eigenvalue weighted by Gasteiger charge is -2.53. The van der Waals surface area contributed by atoms with E-state index in [0.717, 1.165) is 17.8 Å². The Kier molecular flexibility index (Phi) is 2.66. The van der Waals surface area contributed by atoms with Gasteiger partial charge in [-0.25, -0.2) is 0 Å². The Hall–Kier alpha value is -0.780. The molecule has 1 aromatic carbocycles. The molecule has 0 spiro atoms. The van der Waals surface area contributed by atoms with Crippen LogP contribution in [0.3, 0.4) is 0 Å². The normalized spacial score (nSPS) is 41.6. The Morgan fingerprint density at radius 3 is 2.60 bits per heavy atom. The number of hydrogen-bond acceptors (Lipinski definition) is 0. The molecule has 0 saturated heterocycles. The number of hydrogen-bond donors (Lipinski definition) is 0. The third-order valence-electron chi connectivity index (χ3n) is 7.65. The van der Waals surface area contributed by atoms with Crippen LogP contribution in [0.5, 0.6) is 0 Å². The summed E-state index contributed by atoms with van der Waals surface area (Å²) < 4.78 is 0. The largest absolute Gasteiger partial charge is 0.0620 e. The molecule has 4 unspecified atom stereocenters. The number of benzene rings is 1. The molecule has 0 heteroatoms. The minimum Gasteiger partial charge on any atom is -0.0620 e. The predicted molar refractivity (Wildman–Crippen MR) is 84.8 cm³/mol. The van der Waals surface area contributed by atoms with Crippen LogP contribution in [0.1, 0.15) is 69.9 Å². The molecule has 4 rings (SSSR count). The minimum absolute atomic E-state index is 0.555. The van der Waals surface area contributed by atoms with Gasteiger partial charge in [0.15, 0.2) is 0 Å². The molecule has 20 heavy (non-hydrogen) atoms. The third-order valence-corrected chi connectivity index (χ3v) is 7.65. The van der Waals surface area contributed by atoms with E-state index in [9.17, 15) is 0 Å². The molecule has 3 aliphatic rings.